The molecule has 0 fully saturated rings. The highest BCUT2D eigenvalue weighted by Gasteiger charge is 2.15. The first-order valence-electron chi connectivity index (χ1n) is 7.60. The molecule has 2 aromatic carbocycles. The van der Waals surface area contributed by atoms with Crippen molar-refractivity contribution < 1.29 is 14.3 Å². The monoisotopic (exact) mass is 406 g/mol. The molecule has 3 aromatic rings. The van der Waals surface area contributed by atoms with Gasteiger partial charge in [-0.2, -0.15) is 5.10 Å². The maximum atomic E-state index is 12.3. The summed E-state index contributed by atoms with van der Waals surface area (Å²) < 4.78 is 5.26. The van der Waals surface area contributed by atoms with Crippen LogP contribution in [0, 0.1) is 0 Å². The fourth-order valence-corrected chi connectivity index (χ4v) is 2.71. The molecule has 0 saturated heterocycles. The molecule has 10 heteroatoms. The Morgan fingerprint density at radius 1 is 1.07 bits per heavy atom. The number of H-pyrrole nitrogens is 1. The summed E-state index contributed by atoms with van der Waals surface area (Å²) in [4.78, 5) is 35.8. The predicted molar refractivity (Wildman–Crippen MR) is 99.9 cm³/mol. The number of amides is 2. The fraction of sp³-hybridized carbons (Fsp3) is 0.0588. The Hall–Kier alpha value is -3.10. The topological polar surface area (TPSA) is 113 Å². The van der Waals surface area contributed by atoms with Gasteiger partial charge in [-0.3, -0.25) is 25.2 Å². The first-order valence-corrected chi connectivity index (χ1v) is 8.36. The molecule has 27 heavy (non-hydrogen) atoms. The summed E-state index contributed by atoms with van der Waals surface area (Å²) in [5, 5.41) is 7.33. The molecule has 3 N–H and O–H groups in total. The van der Waals surface area contributed by atoms with Crippen molar-refractivity contribution in [2.75, 3.05) is 6.61 Å². The number of ether oxygens (including phenoxy) is 1. The quantitative estimate of drug-likeness (QED) is 0.573. The molecular weight excluding hydrogens is 395 g/mol. The van der Waals surface area contributed by atoms with E-state index in [1.807, 2.05) is 0 Å². The first-order chi connectivity index (χ1) is 13.0. The lowest BCUT2D eigenvalue weighted by Crippen LogP contribution is -2.44. The van der Waals surface area contributed by atoms with Crippen LogP contribution in [0.4, 0.5) is 0 Å². The van der Waals surface area contributed by atoms with Crippen LogP contribution >= 0.6 is 23.2 Å². The van der Waals surface area contributed by atoms with Gasteiger partial charge in [-0.15, -0.1) is 0 Å². The number of aromatic amines is 1. The molecule has 0 spiro atoms. The van der Waals surface area contributed by atoms with Crippen LogP contribution in [0.3, 0.4) is 0 Å². The molecular formula is C17H12Cl2N4O4. The van der Waals surface area contributed by atoms with Crippen molar-refractivity contribution in [1.82, 2.24) is 21.0 Å². The lowest BCUT2D eigenvalue weighted by atomic mass is 10.1. The van der Waals surface area contributed by atoms with E-state index in [0.29, 0.717) is 15.8 Å². The van der Waals surface area contributed by atoms with Crippen LogP contribution in [0.1, 0.15) is 10.5 Å². The van der Waals surface area contributed by atoms with Crippen molar-refractivity contribution in [3.05, 3.63) is 68.6 Å². The number of fused-ring (bicyclic) bond motifs is 1. The minimum Gasteiger partial charge on any atom is -0.482 e. The molecule has 3 rings (SSSR count). The Morgan fingerprint density at radius 3 is 2.56 bits per heavy atom. The van der Waals surface area contributed by atoms with E-state index in [2.05, 4.69) is 21.0 Å². The highest BCUT2D eigenvalue weighted by Crippen LogP contribution is 2.27. The maximum Gasteiger partial charge on any atom is 0.290 e. The summed E-state index contributed by atoms with van der Waals surface area (Å²) in [6, 6.07) is 11.0. The second-order valence-corrected chi connectivity index (χ2v) is 6.16. The average Bonchev–Trinajstić information content (AvgIpc) is 2.66. The smallest absolute Gasteiger partial charge is 0.290 e. The van der Waals surface area contributed by atoms with Crippen LogP contribution < -0.4 is 21.1 Å². The number of aromatic nitrogens is 2. The van der Waals surface area contributed by atoms with Crippen LogP contribution in [-0.4, -0.2) is 28.6 Å². The SMILES string of the molecule is O=C(COc1ccc(Cl)cc1Cl)NNC(=O)c1n[nH]c(=O)c2ccccc12. The van der Waals surface area contributed by atoms with Crippen LogP contribution in [0.2, 0.25) is 10.0 Å². The highest BCUT2D eigenvalue weighted by atomic mass is 35.5. The van der Waals surface area contributed by atoms with Gasteiger partial charge in [-0.05, 0) is 24.3 Å². The zero-order valence-electron chi connectivity index (χ0n) is 13.6. The van der Waals surface area contributed by atoms with Crippen LogP contribution in [0.25, 0.3) is 10.8 Å². The number of halogens is 2. The van der Waals surface area contributed by atoms with Crippen molar-refractivity contribution >= 4 is 45.8 Å². The second kappa shape index (κ2) is 8.07. The number of nitrogens with one attached hydrogen (secondary N) is 3. The standard InChI is InChI=1S/C17H12Cl2N4O4/c18-9-5-6-13(12(19)7-9)27-8-14(24)20-23-17(26)15-10-3-1-2-4-11(10)16(25)22-21-15/h1-7H,8H2,(H,20,24)(H,22,25)(H,23,26). The van der Waals surface area contributed by atoms with Gasteiger partial charge in [0.1, 0.15) is 5.75 Å². The zero-order chi connectivity index (χ0) is 19.4. The van der Waals surface area contributed by atoms with E-state index < -0.39 is 17.4 Å². The predicted octanol–water partition coefficient (Wildman–Crippen LogP) is 2.07. The summed E-state index contributed by atoms with van der Waals surface area (Å²) >= 11 is 11.7. The minimum atomic E-state index is -0.694. The Bertz CT molecular complexity index is 1080. The Balaban J connectivity index is 1.61. The van der Waals surface area contributed by atoms with Gasteiger partial charge < -0.3 is 4.74 Å². The summed E-state index contributed by atoms with van der Waals surface area (Å²) in [5.74, 6) is -1.04. The molecule has 1 aromatic heterocycles. The van der Waals surface area contributed by atoms with Gasteiger partial charge in [-0.25, -0.2) is 5.10 Å². The Kier molecular flexibility index (Phi) is 5.58. The van der Waals surface area contributed by atoms with Crippen molar-refractivity contribution in [3.8, 4) is 5.75 Å². The second-order valence-electron chi connectivity index (χ2n) is 5.31. The highest BCUT2D eigenvalue weighted by molar-refractivity contribution is 6.35. The molecule has 0 aliphatic heterocycles. The van der Waals surface area contributed by atoms with Crippen LogP contribution in [0.5, 0.6) is 5.75 Å². The van der Waals surface area contributed by atoms with Crippen LogP contribution in [0.15, 0.2) is 47.3 Å². The Morgan fingerprint density at radius 2 is 1.81 bits per heavy atom. The van der Waals surface area contributed by atoms with E-state index in [-0.39, 0.29) is 23.1 Å². The number of carbonyl (C=O) groups excluding carboxylic acids is 2. The summed E-state index contributed by atoms with van der Waals surface area (Å²) in [7, 11) is 0. The summed E-state index contributed by atoms with van der Waals surface area (Å²) in [6.45, 7) is -0.387. The van der Waals surface area contributed by atoms with Crippen molar-refractivity contribution in [3.63, 3.8) is 0 Å². The van der Waals surface area contributed by atoms with E-state index >= 15 is 0 Å². The third-order valence-electron chi connectivity index (χ3n) is 3.48. The third kappa shape index (κ3) is 4.36. The van der Waals surface area contributed by atoms with E-state index in [9.17, 15) is 14.4 Å². The minimum absolute atomic E-state index is 0.0350. The molecule has 0 bridgehead atoms. The zero-order valence-corrected chi connectivity index (χ0v) is 15.1. The summed E-state index contributed by atoms with van der Waals surface area (Å²) in [5.41, 5.74) is 3.96. The van der Waals surface area contributed by atoms with Crippen molar-refractivity contribution in [2.45, 2.75) is 0 Å². The third-order valence-corrected chi connectivity index (χ3v) is 4.01. The molecule has 0 aliphatic carbocycles. The average molecular weight is 407 g/mol. The van der Waals surface area contributed by atoms with Gasteiger partial charge in [0.2, 0.25) is 0 Å². The molecule has 2 amide bonds. The lowest BCUT2D eigenvalue weighted by molar-refractivity contribution is -0.123. The van der Waals surface area contributed by atoms with Gasteiger partial charge in [0.25, 0.3) is 17.4 Å². The molecule has 0 aliphatic rings. The van der Waals surface area contributed by atoms with Gasteiger partial charge in [-0.1, -0.05) is 41.4 Å². The van der Waals surface area contributed by atoms with E-state index in [1.165, 1.54) is 12.1 Å². The van der Waals surface area contributed by atoms with Gasteiger partial charge in [0.15, 0.2) is 12.3 Å². The number of carbonyl (C=O) groups is 2. The Labute approximate surface area is 162 Å². The van der Waals surface area contributed by atoms with E-state index in [4.69, 9.17) is 27.9 Å². The molecule has 0 unspecified atom stereocenters. The van der Waals surface area contributed by atoms with Crippen molar-refractivity contribution in [2.24, 2.45) is 0 Å². The normalized spacial score (nSPS) is 10.4. The van der Waals surface area contributed by atoms with Gasteiger partial charge in [0.05, 0.1) is 10.4 Å². The first kappa shape index (κ1) is 18.7. The number of hydrazine groups is 1. The number of nitrogens with zero attached hydrogens (tertiary/aromatic N) is 1. The van der Waals surface area contributed by atoms with Gasteiger partial charge in [0, 0.05) is 10.4 Å². The molecule has 138 valence electrons. The largest absolute Gasteiger partial charge is 0.482 e. The number of hydrogen-bond acceptors (Lipinski definition) is 5. The fourth-order valence-electron chi connectivity index (χ4n) is 2.25. The van der Waals surface area contributed by atoms with E-state index in [0.717, 1.165) is 0 Å². The van der Waals surface area contributed by atoms with E-state index in [1.54, 1.807) is 30.3 Å². The van der Waals surface area contributed by atoms with Gasteiger partial charge >= 0.3 is 0 Å². The number of hydrogen-bond donors (Lipinski definition) is 3. The van der Waals surface area contributed by atoms with Crippen molar-refractivity contribution in [1.29, 1.82) is 0 Å². The number of benzene rings is 2. The molecule has 0 saturated carbocycles. The number of rotatable bonds is 4. The molecule has 0 radical (unpaired) electrons. The lowest BCUT2D eigenvalue weighted by Gasteiger charge is -2.10. The molecule has 1 heterocycles. The maximum absolute atomic E-state index is 12.3. The molecule has 8 nitrogen and oxygen atoms in total. The molecule has 0 atom stereocenters. The summed E-state index contributed by atoms with van der Waals surface area (Å²) in [6.07, 6.45) is 0. The van der Waals surface area contributed by atoms with Crippen LogP contribution in [-0.2, 0) is 4.79 Å².